The van der Waals surface area contributed by atoms with Crippen LogP contribution in [0.5, 0.6) is 5.75 Å². The van der Waals surface area contributed by atoms with Gasteiger partial charge in [-0.1, -0.05) is 31.0 Å². The summed E-state index contributed by atoms with van der Waals surface area (Å²) < 4.78 is 38.7. The van der Waals surface area contributed by atoms with Crippen molar-refractivity contribution < 1.29 is 22.7 Å². The normalized spacial score (nSPS) is 17.9. The molecule has 8 nitrogen and oxygen atoms in total. The first-order chi connectivity index (χ1) is 16.0. The molecule has 0 aromatic heterocycles. The Balaban J connectivity index is 1.57. The highest BCUT2D eigenvalue weighted by atomic mass is 32.2. The molecular weight excluding hydrogens is 442 g/mol. The maximum atomic E-state index is 13.2. The van der Waals surface area contributed by atoms with Gasteiger partial charge < -0.3 is 19.7 Å². The van der Waals surface area contributed by atoms with Crippen LogP contribution in [-0.2, 0) is 19.6 Å². The molecule has 2 fully saturated rings. The van der Waals surface area contributed by atoms with Gasteiger partial charge >= 0.3 is 0 Å². The van der Waals surface area contributed by atoms with Gasteiger partial charge in [-0.2, -0.15) is 4.31 Å². The monoisotopic (exact) mass is 473 g/mol. The Morgan fingerprint density at radius 3 is 2.33 bits per heavy atom. The fourth-order valence-corrected chi connectivity index (χ4v) is 5.59. The number of para-hydroxylation sites is 1. The number of hydrogen-bond donors (Lipinski definition) is 1. The van der Waals surface area contributed by atoms with Crippen LogP contribution >= 0.6 is 0 Å². The molecule has 2 saturated heterocycles. The molecular formula is C24H31N3O5S. The van der Waals surface area contributed by atoms with Crippen molar-refractivity contribution in [1.29, 1.82) is 0 Å². The zero-order valence-corrected chi connectivity index (χ0v) is 19.6. The van der Waals surface area contributed by atoms with E-state index in [1.54, 1.807) is 24.3 Å². The molecule has 2 heterocycles. The Morgan fingerprint density at radius 1 is 0.939 bits per heavy atom. The highest BCUT2D eigenvalue weighted by Crippen LogP contribution is 2.32. The molecule has 1 amide bonds. The standard InChI is InChI=1S/C24H31N3O5S/c28-24(19-32-20-8-4-3-5-9-20)25-22-18-21(33(29,30)27-14-16-31-17-15-27)10-11-23(22)26-12-6-1-2-7-13-26/h3-5,8-11,18H,1-2,6-7,12-17,19H2,(H,25,28). The number of nitrogens with zero attached hydrogens (tertiary/aromatic N) is 2. The van der Waals surface area contributed by atoms with E-state index >= 15 is 0 Å². The molecule has 2 aliphatic rings. The second kappa shape index (κ2) is 11.0. The lowest BCUT2D eigenvalue weighted by atomic mass is 10.2. The van der Waals surface area contributed by atoms with Crippen LogP contribution in [0.4, 0.5) is 11.4 Å². The fraction of sp³-hybridized carbons (Fsp3) is 0.458. The SMILES string of the molecule is O=C(COc1ccccc1)Nc1cc(S(=O)(=O)N2CCOCC2)ccc1N1CCCCCC1. The number of amides is 1. The average molecular weight is 474 g/mol. The van der Waals surface area contributed by atoms with Gasteiger partial charge in [0.15, 0.2) is 6.61 Å². The molecule has 0 saturated carbocycles. The van der Waals surface area contributed by atoms with E-state index in [4.69, 9.17) is 9.47 Å². The zero-order chi connectivity index (χ0) is 23.1. The largest absolute Gasteiger partial charge is 0.484 e. The van der Waals surface area contributed by atoms with Crippen LogP contribution < -0.4 is 15.0 Å². The predicted octanol–water partition coefficient (Wildman–Crippen LogP) is 3.11. The number of ether oxygens (including phenoxy) is 2. The van der Waals surface area contributed by atoms with Crippen molar-refractivity contribution in [3.8, 4) is 5.75 Å². The third-order valence-corrected chi connectivity index (χ3v) is 7.80. The van der Waals surface area contributed by atoms with Crippen LogP contribution in [0.15, 0.2) is 53.4 Å². The molecule has 2 aliphatic heterocycles. The van der Waals surface area contributed by atoms with Crippen molar-refractivity contribution in [2.75, 3.05) is 56.2 Å². The van der Waals surface area contributed by atoms with E-state index in [9.17, 15) is 13.2 Å². The van der Waals surface area contributed by atoms with Crippen LogP contribution in [0.25, 0.3) is 0 Å². The van der Waals surface area contributed by atoms with Crippen LogP contribution in [0.2, 0.25) is 0 Å². The van der Waals surface area contributed by atoms with E-state index in [1.807, 2.05) is 24.3 Å². The summed E-state index contributed by atoms with van der Waals surface area (Å²) in [6.07, 6.45) is 4.48. The van der Waals surface area contributed by atoms with Crippen molar-refractivity contribution in [3.05, 3.63) is 48.5 Å². The third kappa shape index (κ3) is 6.04. The fourth-order valence-electron chi connectivity index (χ4n) is 4.15. The highest BCUT2D eigenvalue weighted by molar-refractivity contribution is 7.89. The second-order valence-corrected chi connectivity index (χ2v) is 10.2. The number of morpholine rings is 1. The summed E-state index contributed by atoms with van der Waals surface area (Å²) in [5.41, 5.74) is 1.33. The molecule has 0 aliphatic carbocycles. The Labute approximate surface area is 195 Å². The molecule has 0 radical (unpaired) electrons. The predicted molar refractivity (Wildman–Crippen MR) is 127 cm³/mol. The number of benzene rings is 2. The quantitative estimate of drug-likeness (QED) is 0.665. The van der Waals surface area contributed by atoms with Gasteiger partial charge in [0.25, 0.3) is 5.91 Å². The maximum absolute atomic E-state index is 13.2. The number of carbonyl (C=O) groups is 1. The van der Waals surface area contributed by atoms with Crippen molar-refractivity contribution in [2.45, 2.75) is 30.6 Å². The van der Waals surface area contributed by atoms with Gasteiger partial charge in [-0.05, 0) is 43.2 Å². The summed E-state index contributed by atoms with van der Waals surface area (Å²) in [4.78, 5) is 15.1. The molecule has 0 atom stereocenters. The number of carbonyl (C=O) groups excluding carboxylic acids is 1. The molecule has 4 rings (SSSR count). The number of nitrogens with one attached hydrogen (secondary N) is 1. The minimum atomic E-state index is -3.68. The van der Waals surface area contributed by atoms with Gasteiger partial charge in [0.2, 0.25) is 10.0 Å². The third-order valence-electron chi connectivity index (χ3n) is 5.91. The average Bonchev–Trinajstić information content (AvgIpc) is 3.13. The number of anilines is 2. The summed E-state index contributed by atoms with van der Waals surface area (Å²) in [5, 5.41) is 2.90. The van der Waals surface area contributed by atoms with E-state index in [1.165, 1.54) is 17.1 Å². The molecule has 9 heteroatoms. The molecule has 2 aromatic carbocycles. The smallest absolute Gasteiger partial charge is 0.262 e. The van der Waals surface area contributed by atoms with E-state index < -0.39 is 10.0 Å². The van der Waals surface area contributed by atoms with Crippen LogP contribution in [0.3, 0.4) is 0 Å². The lowest BCUT2D eigenvalue weighted by Gasteiger charge is -2.28. The van der Waals surface area contributed by atoms with Crippen LogP contribution in [0.1, 0.15) is 25.7 Å². The lowest BCUT2D eigenvalue weighted by Crippen LogP contribution is -2.40. The first kappa shape index (κ1) is 23.5. The lowest BCUT2D eigenvalue weighted by molar-refractivity contribution is -0.118. The Morgan fingerprint density at radius 2 is 1.64 bits per heavy atom. The zero-order valence-electron chi connectivity index (χ0n) is 18.7. The second-order valence-electron chi connectivity index (χ2n) is 8.25. The Bertz CT molecular complexity index is 1030. The van der Waals surface area contributed by atoms with Gasteiger partial charge in [0.1, 0.15) is 5.75 Å². The molecule has 1 N–H and O–H groups in total. The van der Waals surface area contributed by atoms with E-state index in [0.29, 0.717) is 37.7 Å². The van der Waals surface area contributed by atoms with Crippen molar-refractivity contribution in [1.82, 2.24) is 4.31 Å². The summed E-state index contributed by atoms with van der Waals surface area (Å²) >= 11 is 0. The van der Waals surface area contributed by atoms with Crippen molar-refractivity contribution in [2.24, 2.45) is 0 Å². The molecule has 0 spiro atoms. The van der Waals surface area contributed by atoms with Crippen LogP contribution in [-0.4, -0.2) is 64.6 Å². The molecule has 33 heavy (non-hydrogen) atoms. The van der Waals surface area contributed by atoms with Gasteiger partial charge in [-0.15, -0.1) is 0 Å². The van der Waals surface area contributed by atoms with Crippen LogP contribution in [0, 0.1) is 0 Å². The summed E-state index contributed by atoms with van der Waals surface area (Å²) in [6.45, 7) is 2.99. The van der Waals surface area contributed by atoms with Crippen molar-refractivity contribution in [3.63, 3.8) is 0 Å². The molecule has 0 unspecified atom stereocenters. The van der Waals surface area contributed by atoms with Gasteiger partial charge in [-0.3, -0.25) is 4.79 Å². The maximum Gasteiger partial charge on any atom is 0.262 e. The first-order valence-electron chi connectivity index (χ1n) is 11.5. The molecule has 2 aromatic rings. The number of hydrogen-bond acceptors (Lipinski definition) is 6. The highest BCUT2D eigenvalue weighted by Gasteiger charge is 2.28. The van der Waals surface area contributed by atoms with Gasteiger partial charge in [0.05, 0.1) is 29.5 Å². The summed E-state index contributed by atoms with van der Waals surface area (Å²) in [5.74, 6) is 0.264. The van der Waals surface area contributed by atoms with Gasteiger partial charge in [0, 0.05) is 26.2 Å². The molecule has 0 bridgehead atoms. The molecule has 178 valence electrons. The minimum Gasteiger partial charge on any atom is -0.484 e. The van der Waals surface area contributed by atoms with E-state index in [0.717, 1.165) is 31.6 Å². The first-order valence-corrected chi connectivity index (χ1v) is 12.9. The Hall–Kier alpha value is -2.62. The van der Waals surface area contributed by atoms with Crippen molar-refractivity contribution >= 4 is 27.3 Å². The van der Waals surface area contributed by atoms with E-state index in [-0.39, 0.29) is 17.4 Å². The number of rotatable bonds is 7. The summed E-state index contributed by atoms with van der Waals surface area (Å²) in [7, 11) is -3.68. The van der Waals surface area contributed by atoms with Gasteiger partial charge in [-0.25, -0.2) is 8.42 Å². The topological polar surface area (TPSA) is 88.2 Å². The minimum absolute atomic E-state index is 0.163. The Kier molecular flexibility index (Phi) is 7.85. The number of sulfonamides is 1. The summed E-state index contributed by atoms with van der Waals surface area (Å²) in [6, 6.07) is 14.1. The van der Waals surface area contributed by atoms with E-state index in [2.05, 4.69) is 10.2 Å².